The van der Waals surface area contributed by atoms with Gasteiger partial charge in [-0.25, -0.2) is 0 Å². The molecule has 1 saturated carbocycles. The van der Waals surface area contributed by atoms with E-state index in [2.05, 4.69) is 16.8 Å². The lowest BCUT2D eigenvalue weighted by Crippen LogP contribution is -2.33. The summed E-state index contributed by atoms with van der Waals surface area (Å²) in [6.07, 6.45) is 4.32. The molecule has 1 aromatic carbocycles. The number of fused-ring (bicyclic) bond motifs is 4. The molecule has 3 unspecified atom stereocenters. The standard InChI is InChI=1S/C24H21N3O4S/c25-22-19-15(23(29)26-24(19)30)11-18(28)27(22)16-7-3-1-5-12(16)20-14-9-10-32-21(14)13-6-2-4-8-17(13)31-20/h1,3,5,7,9-11,13,17,20H,2,4,6,8,25H2,(H,26,29,30). The predicted octanol–water partition coefficient (Wildman–Crippen LogP) is 3.51. The average Bonchev–Trinajstić information content (AvgIpc) is 3.38. The van der Waals surface area contributed by atoms with E-state index in [0.717, 1.165) is 30.4 Å². The van der Waals surface area contributed by atoms with Gasteiger partial charge in [-0.1, -0.05) is 31.0 Å². The van der Waals surface area contributed by atoms with Crippen molar-refractivity contribution < 1.29 is 14.3 Å². The Balaban J connectivity index is 1.54. The number of pyridine rings is 1. The van der Waals surface area contributed by atoms with Crippen molar-refractivity contribution in [1.29, 1.82) is 0 Å². The molecular weight excluding hydrogens is 426 g/mol. The average molecular weight is 448 g/mol. The van der Waals surface area contributed by atoms with Crippen LogP contribution in [-0.4, -0.2) is 22.5 Å². The Morgan fingerprint density at radius 1 is 1.03 bits per heavy atom. The number of nitrogens with two attached hydrogens (primary N) is 1. The largest absolute Gasteiger partial charge is 0.384 e. The van der Waals surface area contributed by atoms with Crippen LogP contribution in [0.25, 0.3) is 5.69 Å². The smallest absolute Gasteiger partial charge is 0.262 e. The van der Waals surface area contributed by atoms with Gasteiger partial charge in [-0.15, -0.1) is 11.3 Å². The lowest BCUT2D eigenvalue weighted by Gasteiger charge is -2.40. The van der Waals surface area contributed by atoms with Crippen LogP contribution in [0, 0.1) is 0 Å². The quantitative estimate of drug-likeness (QED) is 0.585. The highest BCUT2D eigenvalue weighted by molar-refractivity contribution is 7.10. The fourth-order valence-electron chi connectivity index (χ4n) is 5.34. The number of benzene rings is 1. The number of amides is 2. The van der Waals surface area contributed by atoms with Crippen molar-refractivity contribution in [3.63, 3.8) is 0 Å². The maximum atomic E-state index is 13.1. The summed E-state index contributed by atoms with van der Waals surface area (Å²) in [5.74, 6) is -0.811. The second-order valence-corrected chi connectivity index (χ2v) is 9.47. The molecule has 3 N–H and O–H groups in total. The Bertz CT molecular complexity index is 1340. The third-order valence-corrected chi connectivity index (χ3v) is 7.84. The van der Waals surface area contributed by atoms with Crippen molar-refractivity contribution in [2.75, 3.05) is 5.73 Å². The van der Waals surface area contributed by atoms with Crippen LogP contribution < -0.4 is 16.6 Å². The molecule has 6 rings (SSSR count). The molecule has 2 aromatic heterocycles. The first-order chi connectivity index (χ1) is 15.5. The number of ether oxygens (including phenoxy) is 1. The van der Waals surface area contributed by atoms with Crippen LogP contribution in [0.5, 0.6) is 0 Å². The molecule has 1 aliphatic carbocycles. The van der Waals surface area contributed by atoms with Crippen LogP contribution in [0.15, 0.2) is 46.6 Å². The number of carbonyl (C=O) groups excluding carboxylic acids is 2. The number of nitrogens with one attached hydrogen (secondary N) is 1. The van der Waals surface area contributed by atoms with Crippen LogP contribution in [0.3, 0.4) is 0 Å². The number of para-hydroxylation sites is 1. The van der Waals surface area contributed by atoms with Gasteiger partial charge in [0.05, 0.1) is 22.9 Å². The van der Waals surface area contributed by atoms with Crippen molar-refractivity contribution in [2.24, 2.45) is 0 Å². The molecule has 0 saturated heterocycles. The first-order valence-electron chi connectivity index (χ1n) is 10.8. The van der Waals surface area contributed by atoms with Gasteiger partial charge in [-0.05, 0) is 35.9 Å². The molecule has 0 bridgehead atoms. The molecule has 2 amide bonds. The maximum Gasteiger partial charge on any atom is 0.262 e. The SMILES string of the molecule is Nc1c2c(cc(=O)n1-c1ccccc1C1OC3CCCCC3c3sccc31)C(=O)NC2=O. The minimum Gasteiger partial charge on any atom is -0.384 e. The highest BCUT2D eigenvalue weighted by Gasteiger charge is 2.40. The number of hydrogen-bond acceptors (Lipinski definition) is 6. The Kier molecular flexibility index (Phi) is 4.34. The second-order valence-electron chi connectivity index (χ2n) is 8.52. The van der Waals surface area contributed by atoms with Crippen molar-refractivity contribution in [3.8, 4) is 5.69 Å². The van der Waals surface area contributed by atoms with E-state index in [0.29, 0.717) is 11.6 Å². The van der Waals surface area contributed by atoms with Gasteiger partial charge in [-0.3, -0.25) is 24.3 Å². The van der Waals surface area contributed by atoms with Gasteiger partial charge < -0.3 is 10.5 Å². The van der Waals surface area contributed by atoms with E-state index >= 15 is 0 Å². The van der Waals surface area contributed by atoms with E-state index in [1.54, 1.807) is 17.4 Å². The highest BCUT2D eigenvalue weighted by atomic mass is 32.1. The highest BCUT2D eigenvalue weighted by Crippen LogP contribution is 2.49. The molecule has 8 heteroatoms. The van der Waals surface area contributed by atoms with Gasteiger partial charge in [0.2, 0.25) is 0 Å². The first kappa shape index (κ1) is 19.5. The minimum atomic E-state index is -0.601. The normalized spacial score (nSPS) is 23.9. The third kappa shape index (κ3) is 2.73. The van der Waals surface area contributed by atoms with E-state index < -0.39 is 17.4 Å². The van der Waals surface area contributed by atoms with Gasteiger partial charge in [0.1, 0.15) is 11.9 Å². The van der Waals surface area contributed by atoms with E-state index in [1.165, 1.54) is 21.9 Å². The number of nitrogens with zero attached hydrogens (tertiary/aromatic N) is 1. The Morgan fingerprint density at radius 3 is 2.72 bits per heavy atom. The number of aromatic nitrogens is 1. The Labute approximate surface area is 187 Å². The van der Waals surface area contributed by atoms with E-state index in [9.17, 15) is 14.4 Å². The van der Waals surface area contributed by atoms with Crippen molar-refractivity contribution in [1.82, 2.24) is 9.88 Å². The number of anilines is 1. The van der Waals surface area contributed by atoms with Crippen molar-refractivity contribution >= 4 is 29.0 Å². The topological polar surface area (TPSA) is 103 Å². The first-order valence-corrected chi connectivity index (χ1v) is 11.7. The third-order valence-electron chi connectivity index (χ3n) is 6.77. The monoisotopic (exact) mass is 447 g/mol. The number of rotatable bonds is 2. The van der Waals surface area contributed by atoms with E-state index in [4.69, 9.17) is 10.5 Å². The summed E-state index contributed by atoms with van der Waals surface area (Å²) in [5, 5.41) is 4.32. The molecule has 3 aliphatic rings. The molecule has 0 radical (unpaired) electrons. The molecule has 32 heavy (non-hydrogen) atoms. The van der Waals surface area contributed by atoms with Gasteiger partial charge in [0, 0.05) is 22.4 Å². The van der Waals surface area contributed by atoms with Crippen LogP contribution in [0.4, 0.5) is 5.82 Å². The predicted molar refractivity (Wildman–Crippen MR) is 120 cm³/mol. The summed E-state index contributed by atoms with van der Waals surface area (Å²) >= 11 is 1.77. The molecule has 3 atom stereocenters. The zero-order valence-electron chi connectivity index (χ0n) is 17.2. The zero-order chi connectivity index (χ0) is 22.0. The molecule has 1 fully saturated rings. The van der Waals surface area contributed by atoms with E-state index in [1.807, 2.05) is 18.2 Å². The molecule has 4 heterocycles. The molecule has 7 nitrogen and oxygen atoms in total. The van der Waals surface area contributed by atoms with Crippen LogP contribution >= 0.6 is 11.3 Å². The lowest BCUT2D eigenvalue weighted by molar-refractivity contribution is -0.0373. The van der Waals surface area contributed by atoms with Gasteiger partial charge in [-0.2, -0.15) is 0 Å². The minimum absolute atomic E-state index is 0.0188. The van der Waals surface area contributed by atoms with Gasteiger partial charge in [0.15, 0.2) is 0 Å². The second kappa shape index (κ2) is 7.15. The van der Waals surface area contributed by atoms with Gasteiger partial charge >= 0.3 is 0 Å². The summed E-state index contributed by atoms with van der Waals surface area (Å²) in [7, 11) is 0. The van der Waals surface area contributed by atoms with Crippen molar-refractivity contribution in [2.45, 2.75) is 43.8 Å². The van der Waals surface area contributed by atoms with Crippen LogP contribution in [0.2, 0.25) is 0 Å². The molecule has 162 valence electrons. The zero-order valence-corrected chi connectivity index (χ0v) is 18.0. The number of thiophene rings is 1. The fourth-order valence-corrected chi connectivity index (χ4v) is 6.46. The molecule has 2 aliphatic heterocycles. The van der Waals surface area contributed by atoms with Crippen molar-refractivity contribution in [3.05, 3.63) is 79.3 Å². The number of nitrogen functional groups attached to an aromatic ring is 1. The number of imide groups is 1. The summed E-state index contributed by atoms with van der Waals surface area (Å²) in [6.45, 7) is 0. The van der Waals surface area contributed by atoms with Crippen LogP contribution in [-0.2, 0) is 4.74 Å². The van der Waals surface area contributed by atoms with E-state index in [-0.39, 0.29) is 29.2 Å². The van der Waals surface area contributed by atoms with Crippen LogP contribution in [0.1, 0.15) is 74.4 Å². The summed E-state index contributed by atoms with van der Waals surface area (Å²) in [4.78, 5) is 38.8. The Morgan fingerprint density at radius 2 is 1.84 bits per heavy atom. The number of hydrogen-bond donors (Lipinski definition) is 2. The molecular formula is C24H21N3O4S. The summed E-state index contributed by atoms with van der Waals surface area (Å²) in [5.41, 5.74) is 8.41. The Hall–Kier alpha value is -3.23. The van der Waals surface area contributed by atoms with Gasteiger partial charge in [0.25, 0.3) is 17.4 Å². The molecule has 3 aromatic rings. The maximum absolute atomic E-state index is 13.1. The lowest BCUT2D eigenvalue weighted by atomic mass is 9.80. The summed E-state index contributed by atoms with van der Waals surface area (Å²) < 4.78 is 7.97. The fraction of sp³-hybridized carbons (Fsp3) is 0.292. The molecule has 0 spiro atoms. The number of carbonyl (C=O) groups is 2. The summed E-state index contributed by atoms with van der Waals surface area (Å²) in [6, 6.07) is 10.8.